The summed E-state index contributed by atoms with van der Waals surface area (Å²) in [7, 11) is 0. The van der Waals surface area contributed by atoms with Gasteiger partial charge >= 0.3 is 0 Å². The van der Waals surface area contributed by atoms with Gasteiger partial charge in [0, 0.05) is 11.6 Å². The normalized spacial score (nSPS) is 17.1. The first-order chi connectivity index (χ1) is 10.0. The molecule has 3 nitrogen and oxygen atoms in total. The third-order valence-corrected chi connectivity index (χ3v) is 4.34. The van der Waals surface area contributed by atoms with Gasteiger partial charge < -0.3 is 4.74 Å². The average Bonchev–Trinajstić information content (AvgIpc) is 2.72. The summed E-state index contributed by atoms with van der Waals surface area (Å²) in [5, 5.41) is 0. The predicted molar refractivity (Wildman–Crippen MR) is 92.4 cm³/mol. The second kappa shape index (κ2) is 7.09. The molecule has 112 valence electrons. The minimum atomic E-state index is -0.0229. The highest BCUT2D eigenvalue weighted by Crippen LogP contribution is 2.35. The zero-order chi connectivity index (χ0) is 15.4. The molecule has 1 fully saturated rings. The van der Waals surface area contributed by atoms with Gasteiger partial charge in [0.05, 0.1) is 11.5 Å². The fraction of sp³-hybridized carbons (Fsp3) is 0.375. The Kier molecular flexibility index (Phi) is 5.42. The summed E-state index contributed by atoms with van der Waals surface area (Å²) in [6.07, 6.45) is 2.82. The molecule has 0 atom stereocenters. The lowest BCUT2D eigenvalue weighted by Gasteiger charge is -2.18. The standard InChI is InChI=1S/C16H19NO2S2/c1-4-9-19-13-8-6-5-7-12(13)10-14-15(18)17(11(2)3)16(20)21-14/h5-8,10-11H,4,9H2,1-3H3/b14-10+. The number of nitrogens with zero attached hydrogens (tertiary/aromatic N) is 1. The van der Waals surface area contributed by atoms with E-state index in [1.807, 2.05) is 44.2 Å². The lowest BCUT2D eigenvalue weighted by molar-refractivity contribution is -0.123. The van der Waals surface area contributed by atoms with Crippen LogP contribution in [0.1, 0.15) is 32.8 Å². The molecule has 0 unspecified atom stereocenters. The quantitative estimate of drug-likeness (QED) is 0.603. The molecule has 1 heterocycles. The lowest BCUT2D eigenvalue weighted by atomic mass is 10.2. The van der Waals surface area contributed by atoms with E-state index in [9.17, 15) is 4.79 Å². The summed E-state index contributed by atoms with van der Waals surface area (Å²) in [4.78, 5) is 14.7. The largest absolute Gasteiger partial charge is 0.493 e. The van der Waals surface area contributed by atoms with E-state index in [4.69, 9.17) is 17.0 Å². The van der Waals surface area contributed by atoms with Gasteiger partial charge in [-0.3, -0.25) is 9.69 Å². The van der Waals surface area contributed by atoms with Crippen LogP contribution in [0.15, 0.2) is 29.2 Å². The number of amides is 1. The number of rotatable bonds is 5. The maximum atomic E-state index is 12.4. The molecule has 0 bridgehead atoms. The van der Waals surface area contributed by atoms with E-state index < -0.39 is 0 Å². The molecule has 21 heavy (non-hydrogen) atoms. The van der Waals surface area contributed by atoms with Crippen LogP contribution in [-0.4, -0.2) is 27.8 Å². The Labute approximate surface area is 135 Å². The Morgan fingerprint density at radius 1 is 1.38 bits per heavy atom. The molecule has 0 saturated carbocycles. The molecular weight excluding hydrogens is 302 g/mol. The topological polar surface area (TPSA) is 29.5 Å². The van der Waals surface area contributed by atoms with Crippen LogP contribution in [-0.2, 0) is 4.79 Å². The van der Waals surface area contributed by atoms with Gasteiger partial charge in [0.1, 0.15) is 10.1 Å². The Morgan fingerprint density at radius 3 is 2.71 bits per heavy atom. The number of thioether (sulfide) groups is 1. The number of thiocarbonyl (C=S) groups is 1. The smallest absolute Gasteiger partial charge is 0.266 e. The van der Waals surface area contributed by atoms with Crippen molar-refractivity contribution in [2.24, 2.45) is 0 Å². The first-order valence-electron chi connectivity index (χ1n) is 7.03. The number of para-hydroxylation sites is 1. The number of carbonyl (C=O) groups excluding carboxylic acids is 1. The van der Waals surface area contributed by atoms with Crippen LogP contribution in [0, 0.1) is 0 Å². The number of hydrogen-bond acceptors (Lipinski definition) is 4. The van der Waals surface area contributed by atoms with Crippen molar-refractivity contribution in [2.45, 2.75) is 33.2 Å². The first-order valence-corrected chi connectivity index (χ1v) is 8.26. The third-order valence-electron chi connectivity index (χ3n) is 3.01. The van der Waals surface area contributed by atoms with Gasteiger partial charge in [0.15, 0.2) is 0 Å². The molecule has 0 N–H and O–H groups in total. The van der Waals surface area contributed by atoms with Gasteiger partial charge in [0.2, 0.25) is 0 Å². The summed E-state index contributed by atoms with van der Waals surface area (Å²) in [5.41, 5.74) is 0.912. The van der Waals surface area contributed by atoms with E-state index in [0.717, 1.165) is 17.7 Å². The minimum Gasteiger partial charge on any atom is -0.493 e. The first kappa shape index (κ1) is 16.0. The predicted octanol–water partition coefficient (Wildman–Crippen LogP) is 4.09. The monoisotopic (exact) mass is 321 g/mol. The molecular formula is C16H19NO2S2. The van der Waals surface area contributed by atoms with Crippen molar-refractivity contribution >= 4 is 40.3 Å². The summed E-state index contributed by atoms with van der Waals surface area (Å²) in [5.74, 6) is 0.777. The Morgan fingerprint density at radius 2 is 2.10 bits per heavy atom. The second-order valence-electron chi connectivity index (χ2n) is 5.03. The molecule has 2 rings (SSSR count). The van der Waals surface area contributed by atoms with E-state index in [-0.39, 0.29) is 11.9 Å². The van der Waals surface area contributed by atoms with Gasteiger partial charge in [-0.2, -0.15) is 0 Å². The van der Waals surface area contributed by atoms with Gasteiger partial charge in [-0.1, -0.05) is 49.1 Å². The third kappa shape index (κ3) is 3.66. The molecule has 0 aliphatic carbocycles. The maximum absolute atomic E-state index is 12.4. The summed E-state index contributed by atoms with van der Waals surface area (Å²) >= 11 is 6.64. The molecule has 0 aromatic heterocycles. The van der Waals surface area contributed by atoms with E-state index in [0.29, 0.717) is 15.8 Å². The fourth-order valence-electron chi connectivity index (χ4n) is 2.01. The van der Waals surface area contributed by atoms with Gasteiger partial charge in [0.25, 0.3) is 5.91 Å². The van der Waals surface area contributed by atoms with Crippen LogP contribution in [0.4, 0.5) is 0 Å². The van der Waals surface area contributed by atoms with Crippen LogP contribution in [0.2, 0.25) is 0 Å². The van der Waals surface area contributed by atoms with Crippen molar-refractivity contribution in [3.8, 4) is 5.75 Å². The summed E-state index contributed by atoms with van der Waals surface area (Å²) < 4.78 is 6.34. The maximum Gasteiger partial charge on any atom is 0.266 e. The molecule has 5 heteroatoms. The summed E-state index contributed by atoms with van der Waals surface area (Å²) in [6, 6.07) is 7.82. The van der Waals surface area contributed by atoms with Crippen LogP contribution in [0.25, 0.3) is 6.08 Å². The zero-order valence-electron chi connectivity index (χ0n) is 12.5. The van der Waals surface area contributed by atoms with Crippen molar-refractivity contribution in [1.82, 2.24) is 4.90 Å². The average molecular weight is 321 g/mol. The number of carbonyl (C=O) groups is 1. The molecule has 1 aliphatic heterocycles. The summed E-state index contributed by atoms with van der Waals surface area (Å²) in [6.45, 7) is 6.66. The van der Waals surface area contributed by atoms with Crippen molar-refractivity contribution in [3.05, 3.63) is 34.7 Å². The number of hydrogen-bond donors (Lipinski definition) is 0. The molecule has 1 saturated heterocycles. The Bertz CT molecular complexity index is 581. The van der Waals surface area contributed by atoms with E-state index >= 15 is 0 Å². The number of benzene rings is 1. The van der Waals surface area contributed by atoms with Gasteiger partial charge in [-0.05, 0) is 32.4 Å². The molecule has 0 radical (unpaired) electrons. The van der Waals surface area contributed by atoms with Crippen LogP contribution in [0.5, 0.6) is 5.75 Å². The lowest BCUT2D eigenvalue weighted by Crippen LogP contribution is -2.34. The van der Waals surface area contributed by atoms with Crippen LogP contribution < -0.4 is 4.74 Å². The molecule has 1 aromatic carbocycles. The molecule has 1 aromatic rings. The molecule has 1 aliphatic rings. The van der Waals surface area contributed by atoms with Crippen LogP contribution >= 0.6 is 24.0 Å². The molecule has 1 amide bonds. The van der Waals surface area contributed by atoms with Gasteiger partial charge in [-0.25, -0.2) is 0 Å². The Balaban J connectivity index is 2.28. The Hall–Kier alpha value is -1.33. The van der Waals surface area contributed by atoms with Crippen molar-refractivity contribution in [2.75, 3.05) is 6.61 Å². The van der Waals surface area contributed by atoms with Gasteiger partial charge in [-0.15, -0.1) is 0 Å². The van der Waals surface area contributed by atoms with Crippen molar-refractivity contribution in [3.63, 3.8) is 0 Å². The SMILES string of the molecule is CCCOc1ccccc1/C=C1/SC(=S)N(C(C)C)C1=O. The second-order valence-corrected chi connectivity index (χ2v) is 6.71. The highest BCUT2D eigenvalue weighted by Gasteiger charge is 2.33. The number of ether oxygens (including phenoxy) is 1. The van der Waals surface area contributed by atoms with E-state index in [1.54, 1.807) is 4.90 Å². The van der Waals surface area contributed by atoms with Crippen LogP contribution in [0.3, 0.4) is 0 Å². The van der Waals surface area contributed by atoms with Crippen molar-refractivity contribution < 1.29 is 9.53 Å². The fourth-order valence-corrected chi connectivity index (χ4v) is 3.52. The van der Waals surface area contributed by atoms with E-state index in [2.05, 4.69) is 6.92 Å². The highest BCUT2D eigenvalue weighted by atomic mass is 32.2. The zero-order valence-corrected chi connectivity index (χ0v) is 14.1. The highest BCUT2D eigenvalue weighted by molar-refractivity contribution is 8.26. The minimum absolute atomic E-state index is 0.0229. The van der Waals surface area contributed by atoms with E-state index in [1.165, 1.54) is 11.8 Å². The van der Waals surface area contributed by atoms with Crippen molar-refractivity contribution in [1.29, 1.82) is 0 Å². The molecule has 0 spiro atoms.